The summed E-state index contributed by atoms with van der Waals surface area (Å²) in [7, 11) is 0. The van der Waals surface area contributed by atoms with Gasteiger partial charge in [-0.3, -0.25) is 4.68 Å². The maximum atomic E-state index is 11.4. The minimum Gasteiger partial charge on any atom is -0.369 e. The van der Waals surface area contributed by atoms with Crippen molar-refractivity contribution < 1.29 is 0 Å². The number of rotatable bonds is 5. The van der Waals surface area contributed by atoms with E-state index in [-0.39, 0.29) is 5.69 Å². The third kappa shape index (κ3) is 2.46. The minimum atomic E-state index is -0.338. The number of hydrogen-bond acceptors (Lipinski definition) is 5. The Morgan fingerprint density at radius 2 is 2.32 bits per heavy atom. The Balaban J connectivity index is 1.59. The summed E-state index contributed by atoms with van der Waals surface area (Å²) in [5, 5.41) is 17.6. The quantitative estimate of drug-likeness (QED) is 0.635. The first kappa shape index (κ1) is 11.5. The molecule has 98 valence electrons. The fourth-order valence-electron chi connectivity index (χ4n) is 1.79. The van der Waals surface area contributed by atoms with Crippen molar-refractivity contribution in [3.8, 4) is 0 Å². The van der Waals surface area contributed by atoms with E-state index in [4.69, 9.17) is 0 Å². The Bertz CT molecular complexity index is 712. The van der Waals surface area contributed by atoms with Gasteiger partial charge in [0.25, 0.3) is 0 Å². The SMILES string of the molecule is O=c1[nH]nc2ccc(NCCCn3cccn3)nn12. The van der Waals surface area contributed by atoms with Crippen LogP contribution in [0.15, 0.2) is 35.4 Å². The molecule has 0 saturated carbocycles. The molecule has 2 N–H and O–H groups in total. The summed E-state index contributed by atoms with van der Waals surface area (Å²) in [6.07, 6.45) is 4.60. The molecule has 8 nitrogen and oxygen atoms in total. The zero-order valence-electron chi connectivity index (χ0n) is 10.2. The normalized spacial score (nSPS) is 10.9. The standard InChI is InChI=1S/C11H13N7O/c19-11-15-14-10-4-3-9(16-18(10)11)12-5-1-7-17-8-2-6-13-17/h2-4,6,8H,1,5,7H2,(H,12,16)(H,15,19). The van der Waals surface area contributed by atoms with Crippen LogP contribution in [-0.2, 0) is 6.54 Å². The van der Waals surface area contributed by atoms with Gasteiger partial charge in [0, 0.05) is 25.5 Å². The molecule has 19 heavy (non-hydrogen) atoms. The van der Waals surface area contributed by atoms with E-state index in [1.807, 2.05) is 16.9 Å². The molecule has 0 atom stereocenters. The predicted octanol–water partition coefficient (Wildman–Crippen LogP) is 0.116. The number of hydrogen-bond donors (Lipinski definition) is 2. The molecule has 0 saturated heterocycles. The molecule has 0 fully saturated rings. The van der Waals surface area contributed by atoms with Gasteiger partial charge < -0.3 is 5.32 Å². The first-order chi connectivity index (χ1) is 9.33. The van der Waals surface area contributed by atoms with Crippen LogP contribution >= 0.6 is 0 Å². The second-order valence-corrected chi connectivity index (χ2v) is 4.07. The summed E-state index contributed by atoms with van der Waals surface area (Å²) >= 11 is 0. The number of aryl methyl sites for hydroxylation is 1. The molecular weight excluding hydrogens is 246 g/mol. The lowest BCUT2D eigenvalue weighted by atomic mass is 10.4. The molecule has 0 aliphatic carbocycles. The molecule has 0 amide bonds. The average Bonchev–Trinajstić information content (AvgIpc) is 3.06. The van der Waals surface area contributed by atoms with E-state index in [1.54, 1.807) is 18.3 Å². The highest BCUT2D eigenvalue weighted by Crippen LogP contribution is 2.02. The Morgan fingerprint density at radius 1 is 1.37 bits per heavy atom. The summed E-state index contributed by atoms with van der Waals surface area (Å²) in [6, 6.07) is 5.43. The van der Waals surface area contributed by atoms with E-state index in [0.29, 0.717) is 11.5 Å². The van der Waals surface area contributed by atoms with Crippen LogP contribution in [0.4, 0.5) is 5.82 Å². The van der Waals surface area contributed by atoms with Crippen molar-refractivity contribution >= 4 is 11.5 Å². The van der Waals surface area contributed by atoms with Crippen LogP contribution in [0.2, 0.25) is 0 Å². The van der Waals surface area contributed by atoms with Gasteiger partial charge in [0.05, 0.1) is 0 Å². The van der Waals surface area contributed by atoms with Crippen LogP contribution in [0.25, 0.3) is 5.65 Å². The third-order valence-corrected chi connectivity index (χ3v) is 2.70. The van der Waals surface area contributed by atoms with Crippen LogP contribution in [0.5, 0.6) is 0 Å². The highest BCUT2D eigenvalue weighted by atomic mass is 16.2. The molecule has 0 aromatic carbocycles. The number of nitrogens with zero attached hydrogens (tertiary/aromatic N) is 5. The second kappa shape index (κ2) is 4.92. The molecule has 0 bridgehead atoms. The van der Waals surface area contributed by atoms with Crippen LogP contribution in [0.1, 0.15) is 6.42 Å². The molecule has 0 spiro atoms. The van der Waals surface area contributed by atoms with Crippen molar-refractivity contribution in [2.45, 2.75) is 13.0 Å². The summed E-state index contributed by atoms with van der Waals surface area (Å²) in [4.78, 5) is 11.4. The van der Waals surface area contributed by atoms with Crippen LogP contribution < -0.4 is 11.0 Å². The Morgan fingerprint density at radius 3 is 3.16 bits per heavy atom. The van der Waals surface area contributed by atoms with Gasteiger partial charge in [-0.05, 0) is 24.6 Å². The first-order valence-corrected chi connectivity index (χ1v) is 5.99. The average molecular weight is 259 g/mol. The Labute approximate surface area is 108 Å². The van der Waals surface area contributed by atoms with E-state index in [0.717, 1.165) is 19.5 Å². The van der Waals surface area contributed by atoms with Gasteiger partial charge in [-0.25, -0.2) is 9.89 Å². The number of aromatic amines is 1. The Hall–Kier alpha value is -2.64. The summed E-state index contributed by atoms with van der Waals surface area (Å²) in [5.41, 5.74) is 0.169. The molecule has 3 heterocycles. The molecule has 3 aromatic heterocycles. The summed E-state index contributed by atoms with van der Waals surface area (Å²) < 4.78 is 3.11. The Kier molecular flexibility index (Phi) is 2.97. The van der Waals surface area contributed by atoms with Crippen molar-refractivity contribution in [1.29, 1.82) is 0 Å². The lowest BCUT2D eigenvalue weighted by Gasteiger charge is -2.05. The van der Waals surface area contributed by atoms with Crippen molar-refractivity contribution in [3.05, 3.63) is 41.1 Å². The number of H-pyrrole nitrogens is 1. The van der Waals surface area contributed by atoms with Crippen molar-refractivity contribution in [1.82, 2.24) is 29.6 Å². The maximum Gasteiger partial charge on any atom is 0.364 e. The van der Waals surface area contributed by atoms with E-state index >= 15 is 0 Å². The second-order valence-electron chi connectivity index (χ2n) is 4.07. The molecule has 0 aliphatic rings. The van der Waals surface area contributed by atoms with Gasteiger partial charge >= 0.3 is 5.69 Å². The van der Waals surface area contributed by atoms with Crippen LogP contribution in [0.3, 0.4) is 0 Å². The highest BCUT2D eigenvalue weighted by Gasteiger charge is 2.02. The van der Waals surface area contributed by atoms with Crippen molar-refractivity contribution in [2.24, 2.45) is 0 Å². The minimum absolute atomic E-state index is 0.338. The molecular formula is C11H13N7O. The van der Waals surface area contributed by atoms with Gasteiger partial charge in [-0.15, -0.1) is 5.10 Å². The van der Waals surface area contributed by atoms with Gasteiger partial charge in [-0.1, -0.05) is 0 Å². The number of anilines is 1. The van der Waals surface area contributed by atoms with Gasteiger partial charge in [0.1, 0.15) is 5.82 Å². The largest absolute Gasteiger partial charge is 0.369 e. The lowest BCUT2D eigenvalue weighted by molar-refractivity contribution is 0.591. The zero-order valence-corrected chi connectivity index (χ0v) is 10.2. The molecule has 0 unspecified atom stereocenters. The van der Waals surface area contributed by atoms with Gasteiger partial charge in [0.15, 0.2) is 5.65 Å². The predicted molar refractivity (Wildman–Crippen MR) is 68.9 cm³/mol. The van der Waals surface area contributed by atoms with E-state index < -0.39 is 0 Å². The number of aromatic nitrogens is 6. The fourth-order valence-corrected chi connectivity index (χ4v) is 1.79. The monoisotopic (exact) mass is 259 g/mol. The third-order valence-electron chi connectivity index (χ3n) is 2.70. The summed E-state index contributed by atoms with van der Waals surface area (Å²) in [6.45, 7) is 1.60. The maximum absolute atomic E-state index is 11.4. The molecule has 0 radical (unpaired) electrons. The summed E-state index contributed by atoms with van der Waals surface area (Å²) in [5.74, 6) is 0.650. The van der Waals surface area contributed by atoms with Crippen LogP contribution in [0, 0.1) is 0 Å². The number of nitrogens with one attached hydrogen (secondary N) is 2. The highest BCUT2D eigenvalue weighted by molar-refractivity contribution is 5.42. The van der Waals surface area contributed by atoms with E-state index in [2.05, 4.69) is 25.7 Å². The topological polar surface area (TPSA) is 92.9 Å². The first-order valence-electron chi connectivity index (χ1n) is 5.99. The van der Waals surface area contributed by atoms with Crippen molar-refractivity contribution in [3.63, 3.8) is 0 Å². The zero-order chi connectivity index (χ0) is 13.1. The molecule has 8 heteroatoms. The molecule has 0 aliphatic heterocycles. The van der Waals surface area contributed by atoms with Crippen LogP contribution in [-0.4, -0.2) is 36.1 Å². The molecule has 3 aromatic rings. The lowest BCUT2D eigenvalue weighted by Crippen LogP contribution is -2.14. The number of fused-ring (bicyclic) bond motifs is 1. The smallest absolute Gasteiger partial charge is 0.364 e. The van der Waals surface area contributed by atoms with Gasteiger partial charge in [-0.2, -0.15) is 14.7 Å². The molecule has 3 rings (SSSR count). The van der Waals surface area contributed by atoms with Crippen molar-refractivity contribution in [2.75, 3.05) is 11.9 Å². The fraction of sp³-hybridized carbons (Fsp3) is 0.273. The van der Waals surface area contributed by atoms with E-state index in [1.165, 1.54) is 4.52 Å². The van der Waals surface area contributed by atoms with Gasteiger partial charge in [0.2, 0.25) is 0 Å². The van der Waals surface area contributed by atoms with E-state index in [9.17, 15) is 4.79 Å².